The molecule has 0 radical (unpaired) electrons. The van der Waals surface area contributed by atoms with Crippen molar-refractivity contribution < 1.29 is 25.8 Å². The minimum atomic E-state index is -4.40. The predicted octanol–water partition coefficient (Wildman–Crippen LogP) is 4.16. The molecule has 1 heterocycles. The van der Waals surface area contributed by atoms with Gasteiger partial charge in [-0.3, -0.25) is 0 Å². The number of alkyl halides is 3. The third-order valence-electron chi connectivity index (χ3n) is 4.11. The van der Waals surface area contributed by atoms with Crippen molar-refractivity contribution in [1.29, 1.82) is 0 Å². The highest BCUT2D eigenvalue weighted by atomic mass is 32.2. The Labute approximate surface area is 149 Å². The number of hydrogen-bond acceptors (Lipinski definition) is 4. The number of likely N-dealkylation sites (N-methyl/N-ethyl adjacent to an activating group) is 1. The first kappa shape index (κ1) is 18.3. The van der Waals surface area contributed by atoms with Crippen LogP contribution in [0.2, 0.25) is 0 Å². The van der Waals surface area contributed by atoms with Gasteiger partial charge in [-0.2, -0.15) is 21.6 Å². The number of anilines is 1. The highest BCUT2D eigenvalue weighted by Gasteiger charge is 2.42. The van der Waals surface area contributed by atoms with Crippen LogP contribution in [0.4, 0.5) is 18.9 Å². The van der Waals surface area contributed by atoms with Crippen molar-refractivity contribution in [2.75, 3.05) is 11.9 Å². The van der Waals surface area contributed by atoms with Crippen LogP contribution in [0.25, 0.3) is 6.08 Å². The van der Waals surface area contributed by atoms with Crippen molar-refractivity contribution in [3.8, 4) is 5.75 Å². The number of benzene rings is 2. The quantitative estimate of drug-likeness (QED) is 0.747. The first-order valence-electron chi connectivity index (χ1n) is 7.71. The highest BCUT2D eigenvalue weighted by Crippen LogP contribution is 2.37. The molecule has 1 aliphatic rings. The maximum Gasteiger partial charge on any atom is 0.412 e. The van der Waals surface area contributed by atoms with Gasteiger partial charge in [-0.15, -0.1) is 0 Å². The van der Waals surface area contributed by atoms with Crippen LogP contribution >= 0.6 is 0 Å². The van der Waals surface area contributed by atoms with Crippen LogP contribution in [0, 0.1) is 6.92 Å². The molecule has 0 spiro atoms. The topological polar surface area (TPSA) is 46.6 Å². The van der Waals surface area contributed by atoms with E-state index in [1.807, 2.05) is 6.92 Å². The molecule has 4 nitrogen and oxygen atoms in total. The van der Waals surface area contributed by atoms with Gasteiger partial charge in [0, 0.05) is 18.3 Å². The van der Waals surface area contributed by atoms with E-state index in [1.165, 1.54) is 43.5 Å². The minimum Gasteiger partial charge on any atom is -0.379 e. The molecule has 0 saturated heterocycles. The lowest BCUT2D eigenvalue weighted by molar-refractivity contribution is -0.137. The van der Waals surface area contributed by atoms with Crippen molar-refractivity contribution in [2.45, 2.75) is 24.0 Å². The van der Waals surface area contributed by atoms with E-state index in [0.717, 1.165) is 16.5 Å². The van der Waals surface area contributed by atoms with Gasteiger partial charge in [-0.1, -0.05) is 29.8 Å². The summed E-state index contributed by atoms with van der Waals surface area (Å²) in [6.45, 7) is 1.83. The molecule has 2 aromatic carbocycles. The second kappa shape index (κ2) is 6.35. The molecule has 2 aromatic rings. The smallest absolute Gasteiger partial charge is 0.379 e. The Morgan fingerprint density at radius 1 is 1.08 bits per heavy atom. The molecule has 1 atom stereocenters. The second-order valence-electron chi connectivity index (χ2n) is 6.03. The fourth-order valence-corrected chi connectivity index (χ4v) is 3.64. The fourth-order valence-electron chi connectivity index (χ4n) is 2.72. The van der Waals surface area contributed by atoms with Crippen molar-refractivity contribution in [1.82, 2.24) is 0 Å². The first-order valence-corrected chi connectivity index (χ1v) is 9.12. The monoisotopic (exact) mass is 383 g/mol. The average molecular weight is 383 g/mol. The van der Waals surface area contributed by atoms with Crippen LogP contribution in [-0.4, -0.2) is 27.7 Å². The van der Waals surface area contributed by atoms with Crippen LogP contribution in [0.5, 0.6) is 5.75 Å². The first-order chi connectivity index (χ1) is 12.1. The minimum absolute atomic E-state index is 0.00520. The summed E-state index contributed by atoms with van der Waals surface area (Å²) in [7, 11) is -2.68. The molecular formula is C18H16F3NO3S. The number of aryl methyl sites for hydroxylation is 1. The van der Waals surface area contributed by atoms with E-state index < -0.39 is 22.3 Å². The molecule has 0 bridgehead atoms. The zero-order valence-corrected chi connectivity index (χ0v) is 14.8. The van der Waals surface area contributed by atoms with Crippen molar-refractivity contribution in [3.05, 3.63) is 59.7 Å². The summed E-state index contributed by atoms with van der Waals surface area (Å²) in [6.07, 6.45) is -2.05. The Kier molecular flexibility index (Phi) is 4.47. The second-order valence-corrected chi connectivity index (χ2v) is 7.57. The number of nitrogens with zero attached hydrogens (tertiary/aromatic N) is 1. The highest BCUT2D eigenvalue weighted by molar-refractivity contribution is 7.87. The lowest BCUT2D eigenvalue weighted by Gasteiger charge is -2.33. The fraction of sp³-hybridized carbons (Fsp3) is 0.222. The summed E-state index contributed by atoms with van der Waals surface area (Å²) in [4.78, 5) is 1.10. The number of halogens is 3. The van der Waals surface area contributed by atoms with E-state index in [4.69, 9.17) is 4.18 Å². The summed E-state index contributed by atoms with van der Waals surface area (Å²) < 4.78 is 68.8. The van der Waals surface area contributed by atoms with Gasteiger partial charge in [-0.05, 0) is 37.3 Å². The zero-order chi connectivity index (χ0) is 19.1. The average Bonchev–Trinajstić information content (AvgIpc) is 2.54. The third-order valence-corrected chi connectivity index (χ3v) is 5.37. The molecule has 1 aliphatic heterocycles. The van der Waals surface area contributed by atoms with Crippen LogP contribution in [0.3, 0.4) is 0 Å². The van der Waals surface area contributed by atoms with E-state index in [2.05, 4.69) is 0 Å². The van der Waals surface area contributed by atoms with Gasteiger partial charge >= 0.3 is 16.3 Å². The lowest BCUT2D eigenvalue weighted by atomic mass is 10.0. The van der Waals surface area contributed by atoms with Gasteiger partial charge in [0.05, 0.1) is 0 Å². The van der Waals surface area contributed by atoms with E-state index in [0.29, 0.717) is 11.3 Å². The van der Waals surface area contributed by atoms with Crippen LogP contribution < -0.4 is 9.08 Å². The Balaban J connectivity index is 1.88. The Morgan fingerprint density at radius 3 is 2.35 bits per heavy atom. The normalized spacial score (nSPS) is 17.1. The van der Waals surface area contributed by atoms with Gasteiger partial charge in [-0.25, -0.2) is 0 Å². The standard InChI is InChI=1S/C18H16F3NO3S/c1-12-3-7-15(8-4-12)26(23,24)25-14-6-9-16-13(11-14)5-10-17(22(16)2)18(19,20)21/h3-11,17H,1-2H3. The Hall–Kier alpha value is -2.48. The van der Waals surface area contributed by atoms with E-state index in [1.54, 1.807) is 12.1 Å². The molecule has 0 aromatic heterocycles. The van der Waals surface area contributed by atoms with Gasteiger partial charge in [0.25, 0.3) is 0 Å². The molecule has 0 N–H and O–H groups in total. The van der Waals surface area contributed by atoms with E-state index in [-0.39, 0.29) is 10.6 Å². The zero-order valence-electron chi connectivity index (χ0n) is 14.0. The Morgan fingerprint density at radius 2 is 1.73 bits per heavy atom. The van der Waals surface area contributed by atoms with Crippen molar-refractivity contribution >= 4 is 21.9 Å². The summed E-state index contributed by atoms with van der Waals surface area (Å²) in [5.41, 5.74) is 1.70. The van der Waals surface area contributed by atoms with Gasteiger partial charge in [0.15, 0.2) is 0 Å². The number of rotatable bonds is 3. The van der Waals surface area contributed by atoms with E-state index >= 15 is 0 Å². The van der Waals surface area contributed by atoms with Crippen molar-refractivity contribution in [3.63, 3.8) is 0 Å². The Bertz CT molecular complexity index is 951. The molecule has 0 amide bonds. The van der Waals surface area contributed by atoms with Crippen LogP contribution in [0.15, 0.2) is 53.4 Å². The van der Waals surface area contributed by atoms with Gasteiger partial charge < -0.3 is 9.08 Å². The molecule has 0 saturated carbocycles. The largest absolute Gasteiger partial charge is 0.412 e. The summed E-state index contributed by atoms with van der Waals surface area (Å²) in [6, 6.07) is 8.61. The summed E-state index contributed by atoms with van der Waals surface area (Å²) in [5.74, 6) is 0.0350. The van der Waals surface area contributed by atoms with Gasteiger partial charge in [0.1, 0.15) is 16.7 Å². The molecule has 0 aliphatic carbocycles. The molecule has 138 valence electrons. The maximum atomic E-state index is 13.0. The summed E-state index contributed by atoms with van der Waals surface area (Å²) in [5, 5.41) is 0. The van der Waals surface area contributed by atoms with Crippen molar-refractivity contribution in [2.24, 2.45) is 0 Å². The summed E-state index contributed by atoms with van der Waals surface area (Å²) >= 11 is 0. The molecule has 0 fully saturated rings. The maximum absolute atomic E-state index is 13.0. The van der Waals surface area contributed by atoms with Gasteiger partial charge in [0.2, 0.25) is 0 Å². The lowest BCUT2D eigenvalue weighted by Crippen LogP contribution is -2.43. The third kappa shape index (κ3) is 3.55. The van der Waals surface area contributed by atoms with Crippen LogP contribution in [-0.2, 0) is 10.1 Å². The molecular weight excluding hydrogens is 367 g/mol. The predicted molar refractivity (Wildman–Crippen MR) is 92.7 cm³/mol. The molecule has 1 unspecified atom stereocenters. The molecule has 3 rings (SSSR count). The van der Waals surface area contributed by atoms with E-state index in [9.17, 15) is 21.6 Å². The molecule has 8 heteroatoms. The number of fused-ring (bicyclic) bond motifs is 1. The number of hydrogen-bond donors (Lipinski definition) is 0. The van der Waals surface area contributed by atoms with Crippen LogP contribution in [0.1, 0.15) is 11.1 Å². The SMILES string of the molecule is Cc1ccc(S(=O)(=O)Oc2ccc3c(c2)C=CC(C(F)(F)F)N3C)cc1. The molecule has 26 heavy (non-hydrogen) atoms.